The average molecular weight is 402 g/mol. The number of ketones is 1. The number of ether oxygens (including phenoxy) is 2. The van der Waals surface area contributed by atoms with Gasteiger partial charge in [-0.15, -0.1) is 0 Å². The maximum Gasteiger partial charge on any atom is 0.316 e. The van der Waals surface area contributed by atoms with Gasteiger partial charge in [0.15, 0.2) is 0 Å². The van der Waals surface area contributed by atoms with Crippen LogP contribution >= 0.6 is 0 Å². The third-order valence-corrected chi connectivity index (χ3v) is 6.49. The molecule has 0 aromatic heterocycles. The maximum atomic E-state index is 12.7. The van der Waals surface area contributed by atoms with Crippen molar-refractivity contribution in [3.05, 3.63) is 35.9 Å². The van der Waals surface area contributed by atoms with Crippen LogP contribution in [-0.2, 0) is 19.1 Å². The normalized spacial score (nSPS) is 31.4. The summed E-state index contributed by atoms with van der Waals surface area (Å²) in [6, 6.07) is 9.54. The summed E-state index contributed by atoms with van der Waals surface area (Å²) in [7, 11) is 0. The third kappa shape index (κ3) is 4.39. The number of carbonyl (C=O) groups is 2. The number of aliphatic hydroxyl groups is 1. The summed E-state index contributed by atoms with van der Waals surface area (Å²) < 4.78 is 11.6. The van der Waals surface area contributed by atoms with E-state index in [4.69, 9.17) is 9.47 Å². The van der Waals surface area contributed by atoms with Gasteiger partial charge in [0, 0.05) is 31.3 Å². The van der Waals surface area contributed by atoms with Crippen molar-refractivity contribution in [2.24, 2.45) is 5.92 Å². The minimum absolute atomic E-state index is 0.142. The molecule has 29 heavy (non-hydrogen) atoms. The Bertz CT molecular complexity index is 718. The average Bonchev–Trinajstić information content (AvgIpc) is 3.45. The lowest BCUT2D eigenvalue weighted by molar-refractivity contribution is -0.157. The molecule has 5 atom stereocenters. The molecule has 5 unspecified atom stereocenters. The number of carbonyl (C=O) groups excluding carboxylic acids is 2. The largest absolute Gasteiger partial charge is 0.462 e. The van der Waals surface area contributed by atoms with Crippen LogP contribution in [-0.4, -0.2) is 65.3 Å². The first-order valence-electron chi connectivity index (χ1n) is 10.8. The molecule has 6 nitrogen and oxygen atoms in total. The minimum Gasteiger partial charge on any atom is -0.462 e. The fourth-order valence-corrected chi connectivity index (χ4v) is 4.86. The van der Waals surface area contributed by atoms with Crippen LogP contribution in [0, 0.1) is 5.92 Å². The van der Waals surface area contributed by atoms with Crippen LogP contribution in [0.2, 0.25) is 0 Å². The van der Waals surface area contributed by atoms with Gasteiger partial charge in [-0.2, -0.15) is 0 Å². The van der Waals surface area contributed by atoms with Crippen molar-refractivity contribution in [1.29, 1.82) is 0 Å². The van der Waals surface area contributed by atoms with E-state index in [-0.39, 0.29) is 48.8 Å². The van der Waals surface area contributed by atoms with Crippen LogP contribution in [0.25, 0.3) is 0 Å². The molecule has 0 amide bonds. The van der Waals surface area contributed by atoms with Gasteiger partial charge in [-0.25, -0.2) is 0 Å². The number of morpholine rings is 1. The second-order valence-electron chi connectivity index (χ2n) is 9.02. The number of benzene rings is 1. The number of Topliss-reactive ketones (excluding diaryl/α,β-unsaturated/α-hetero) is 1. The molecule has 1 aromatic rings. The quantitative estimate of drug-likeness (QED) is 0.505. The number of epoxide rings is 1. The molecule has 0 radical (unpaired) electrons. The summed E-state index contributed by atoms with van der Waals surface area (Å²) in [5.74, 6) is -0.217. The number of hydrogen-bond acceptors (Lipinski definition) is 6. The summed E-state index contributed by atoms with van der Waals surface area (Å²) in [6.07, 6.45) is 3.08. The van der Waals surface area contributed by atoms with Crippen LogP contribution in [0.5, 0.6) is 0 Å². The van der Waals surface area contributed by atoms with Crippen molar-refractivity contribution in [2.45, 2.75) is 75.8 Å². The van der Waals surface area contributed by atoms with E-state index in [0.717, 1.165) is 12.0 Å². The third-order valence-electron chi connectivity index (χ3n) is 6.49. The molecule has 1 N–H and O–H groups in total. The van der Waals surface area contributed by atoms with E-state index in [0.29, 0.717) is 31.7 Å². The predicted molar refractivity (Wildman–Crippen MR) is 107 cm³/mol. The van der Waals surface area contributed by atoms with E-state index in [1.807, 2.05) is 30.3 Å². The molecular formula is C23H31NO5. The van der Waals surface area contributed by atoms with Gasteiger partial charge in [0.1, 0.15) is 30.0 Å². The number of piperidine rings is 1. The molecule has 0 spiro atoms. The summed E-state index contributed by atoms with van der Waals surface area (Å²) >= 11 is 0. The van der Waals surface area contributed by atoms with Gasteiger partial charge in [0.05, 0.1) is 13.2 Å². The first kappa shape index (κ1) is 20.5. The molecule has 3 aliphatic heterocycles. The highest BCUT2D eigenvalue weighted by Gasteiger charge is 2.64. The van der Waals surface area contributed by atoms with Gasteiger partial charge in [-0.3, -0.25) is 14.5 Å². The molecule has 3 aliphatic rings. The standard InChI is InChI=1S/C23H31NO5/c1-14(2)8-9-16(26)12-24-19-10-17(11-20(24)22-21(19)29-22)28-23(27)18(13-25)15-6-4-3-5-7-15/h3-7,14,17-22,25H,8-13H2,1-2H3. The minimum atomic E-state index is -0.657. The van der Waals surface area contributed by atoms with Crippen molar-refractivity contribution in [2.75, 3.05) is 13.2 Å². The van der Waals surface area contributed by atoms with E-state index >= 15 is 0 Å². The second kappa shape index (κ2) is 8.54. The van der Waals surface area contributed by atoms with E-state index in [2.05, 4.69) is 18.7 Å². The second-order valence-corrected chi connectivity index (χ2v) is 9.02. The van der Waals surface area contributed by atoms with E-state index in [1.54, 1.807) is 0 Å². The van der Waals surface area contributed by atoms with Crippen LogP contribution < -0.4 is 0 Å². The number of nitrogens with zero attached hydrogens (tertiary/aromatic N) is 1. The summed E-state index contributed by atoms with van der Waals surface area (Å²) in [4.78, 5) is 27.4. The molecule has 1 aromatic carbocycles. The summed E-state index contributed by atoms with van der Waals surface area (Å²) in [5.41, 5.74) is 0.766. The van der Waals surface area contributed by atoms with Crippen molar-refractivity contribution >= 4 is 11.8 Å². The lowest BCUT2D eigenvalue weighted by Gasteiger charge is -2.40. The van der Waals surface area contributed by atoms with Crippen LogP contribution in [0.1, 0.15) is 51.0 Å². The van der Waals surface area contributed by atoms with Crippen LogP contribution in [0.15, 0.2) is 30.3 Å². The number of hydrogen-bond donors (Lipinski definition) is 1. The molecule has 3 heterocycles. The van der Waals surface area contributed by atoms with Crippen molar-refractivity contribution < 1.29 is 24.2 Å². The first-order chi connectivity index (χ1) is 14.0. The van der Waals surface area contributed by atoms with E-state index in [1.165, 1.54) is 0 Å². The number of esters is 1. The zero-order chi connectivity index (χ0) is 20.5. The van der Waals surface area contributed by atoms with Crippen molar-refractivity contribution in [1.82, 2.24) is 4.90 Å². The molecular weight excluding hydrogens is 370 g/mol. The van der Waals surface area contributed by atoms with Crippen LogP contribution in [0.4, 0.5) is 0 Å². The number of fused-ring (bicyclic) bond motifs is 5. The summed E-state index contributed by atoms with van der Waals surface area (Å²) in [5, 5.41) is 9.71. The van der Waals surface area contributed by atoms with Gasteiger partial charge in [0.2, 0.25) is 0 Å². The predicted octanol–water partition coefficient (Wildman–Crippen LogP) is 2.29. The van der Waals surface area contributed by atoms with E-state index < -0.39 is 5.92 Å². The molecule has 2 bridgehead atoms. The highest BCUT2D eigenvalue weighted by molar-refractivity contribution is 5.80. The SMILES string of the molecule is CC(C)CCC(=O)CN1C2CC(OC(=O)C(CO)c3ccccc3)CC1C1OC12. The monoisotopic (exact) mass is 401 g/mol. The highest BCUT2D eigenvalue weighted by Crippen LogP contribution is 2.49. The maximum absolute atomic E-state index is 12.7. The first-order valence-corrected chi connectivity index (χ1v) is 10.8. The summed E-state index contributed by atoms with van der Waals surface area (Å²) in [6.45, 7) is 4.47. The van der Waals surface area contributed by atoms with E-state index in [9.17, 15) is 14.7 Å². The number of aliphatic hydroxyl groups excluding tert-OH is 1. The topological polar surface area (TPSA) is 79.4 Å². The van der Waals surface area contributed by atoms with Gasteiger partial charge >= 0.3 is 5.97 Å². The lowest BCUT2D eigenvalue weighted by Crippen LogP contribution is -2.52. The Balaban J connectivity index is 1.35. The Morgan fingerprint density at radius 1 is 1.17 bits per heavy atom. The molecule has 0 saturated carbocycles. The zero-order valence-electron chi connectivity index (χ0n) is 17.2. The zero-order valence-corrected chi connectivity index (χ0v) is 17.2. The fourth-order valence-electron chi connectivity index (χ4n) is 4.86. The Kier molecular flexibility index (Phi) is 6.04. The molecule has 3 saturated heterocycles. The molecule has 3 fully saturated rings. The fraction of sp³-hybridized carbons (Fsp3) is 0.652. The Morgan fingerprint density at radius 2 is 1.83 bits per heavy atom. The smallest absolute Gasteiger partial charge is 0.316 e. The molecule has 4 rings (SSSR count). The number of rotatable bonds is 9. The molecule has 0 aliphatic carbocycles. The lowest BCUT2D eigenvalue weighted by atomic mass is 9.96. The molecule has 6 heteroatoms. The van der Waals surface area contributed by atoms with Gasteiger partial charge in [0.25, 0.3) is 0 Å². The highest BCUT2D eigenvalue weighted by atomic mass is 16.6. The Labute approximate surface area is 172 Å². The van der Waals surface area contributed by atoms with Crippen molar-refractivity contribution in [3.63, 3.8) is 0 Å². The Hall–Kier alpha value is -1.76. The van der Waals surface area contributed by atoms with Gasteiger partial charge in [-0.05, 0) is 17.9 Å². The van der Waals surface area contributed by atoms with Crippen LogP contribution in [0.3, 0.4) is 0 Å². The Morgan fingerprint density at radius 3 is 2.41 bits per heavy atom. The van der Waals surface area contributed by atoms with Gasteiger partial charge in [-0.1, -0.05) is 44.2 Å². The molecule has 158 valence electrons. The van der Waals surface area contributed by atoms with Gasteiger partial charge < -0.3 is 14.6 Å². The van der Waals surface area contributed by atoms with Crippen molar-refractivity contribution in [3.8, 4) is 0 Å².